The number of aliphatic hydroxyl groups is 1. The number of rotatable bonds is 3. The molecule has 0 spiro atoms. The van der Waals surface area contributed by atoms with Crippen LogP contribution in [0, 0.1) is 6.92 Å². The Morgan fingerprint density at radius 1 is 1.42 bits per heavy atom. The normalized spacial score (nSPS) is 12.7. The van der Waals surface area contributed by atoms with Crippen LogP contribution in [0.5, 0.6) is 0 Å². The van der Waals surface area contributed by atoms with Gasteiger partial charge in [-0.15, -0.1) is 0 Å². The van der Waals surface area contributed by atoms with E-state index in [4.69, 9.17) is 11.6 Å². The quantitative estimate of drug-likeness (QED) is 0.827. The van der Waals surface area contributed by atoms with E-state index >= 15 is 0 Å². The molecule has 0 amide bonds. The predicted octanol–water partition coefficient (Wildman–Crippen LogP) is 4.18. The zero-order valence-electron chi connectivity index (χ0n) is 10.5. The summed E-state index contributed by atoms with van der Waals surface area (Å²) < 4.78 is 3.60. The van der Waals surface area contributed by atoms with Crippen LogP contribution in [-0.2, 0) is 13.5 Å². The summed E-state index contributed by atoms with van der Waals surface area (Å²) in [5, 5.41) is 15.2. The zero-order chi connectivity index (χ0) is 14.2. The number of nitrogens with zero attached hydrogens (tertiary/aromatic N) is 2. The van der Waals surface area contributed by atoms with E-state index in [0.29, 0.717) is 11.4 Å². The first-order chi connectivity index (χ1) is 8.90. The third kappa shape index (κ3) is 3.21. The van der Waals surface area contributed by atoms with Crippen LogP contribution in [0.3, 0.4) is 0 Å². The predicted molar refractivity (Wildman–Crippen MR) is 83.5 cm³/mol. The third-order valence-corrected chi connectivity index (χ3v) is 4.82. The molecule has 1 atom stereocenters. The molecule has 0 bridgehead atoms. The van der Waals surface area contributed by atoms with Crippen molar-refractivity contribution in [2.75, 3.05) is 0 Å². The van der Waals surface area contributed by atoms with Gasteiger partial charge in [0.05, 0.1) is 22.0 Å². The van der Waals surface area contributed by atoms with Gasteiger partial charge in [0, 0.05) is 23.0 Å². The summed E-state index contributed by atoms with van der Waals surface area (Å²) in [6, 6.07) is 5.48. The van der Waals surface area contributed by atoms with Crippen molar-refractivity contribution >= 4 is 43.5 Å². The zero-order valence-corrected chi connectivity index (χ0v) is 14.4. The average molecular weight is 409 g/mol. The maximum absolute atomic E-state index is 10.3. The highest BCUT2D eigenvalue weighted by Gasteiger charge is 2.18. The highest BCUT2D eigenvalue weighted by molar-refractivity contribution is 9.10. The number of hydrogen-bond acceptors (Lipinski definition) is 2. The van der Waals surface area contributed by atoms with Crippen molar-refractivity contribution in [3.8, 4) is 0 Å². The Hall–Kier alpha value is -0.360. The fourth-order valence-corrected chi connectivity index (χ4v) is 3.26. The SMILES string of the molecule is Cc1nn(C)c(CC(O)c2ccc(Br)cc2Cl)c1Br. The molecule has 0 fully saturated rings. The first-order valence-corrected chi connectivity index (χ1v) is 7.67. The average Bonchev–Trinajstić information content (AvgIpc) is 2.56. The fourth-order valence-electron chi connectivity index (χ4n) is 1.97. The minimum absolute atomic E-state index is 0.458. The molecule has 0 saturated carbocycles. The maximum atomic E-state index is 10.3. The van der Waals surface area contributed by atoms with E-state index in [1.165, 1.54) is 0 Å². The van der Waals surface area contributed by atoms with Crippen molar-refractivity contribution in [2.45, 2.75) is 19.4 Å². The lowest BCUT2D eigenvalue weighted by atomic mass is 10.0. The lowest BCUT2D eigenvalue weighted by molar-refractivity contribution is 0.175. The molecule has 6 heteroatoms. The summed E-state index contributed by atoms with van der Waals surface area (Å²) >= 11 is 13.0. The number of aromatic nitrogens is 2. The van der Waals surface area contributed by atoms with Gasteiger partial charge in [-0.05, 0) is 40.5 Å². The molecule has 2 aromatic rings. The molecule has 0 aliphatic carbocycles. The Labute approximate surface area is 133 Å². The van der Waals surface area contributed by atoms with Gasteiger partial charge >= 0.3 is 0 Å². The molecule has 3 nitrogen and oxygen atoms in total. The highest BCUT2D eigenvalue weighted by Crippen LogP contribution is 2.30. The number of aryl methyl sites for hydroxylation is 2. The van der Waals surface area contributed by atoms with Gasteiger partial charge in [-0.2, -0.15) is 5.10 Å². The molecule has 0 aliphatic heterocycles. The molecule has 1 aromatic heterocycles. The second kappa shape index (κ2) is 5.95. The molecular formula is C13H13Br2ClN2O. The van der Waals surface area contributed by atoms with Crippen LogP contribution in [0.2, 0.25) is 5.02 Å². The number of hydrogen-bond donors (Lipinski definition) is 1. The number of aliphatic hydroxyl groups excluding tert-OH is 1. The van der Waals surface area contributed by atoms with Crippen LogP contribution >= 0.6 is 43.5 Å². The van der Waals surface area contributed by atoms with Gasteiger partial charge < -0.3 is 5.11 Å². The van der Waals surface area contributed by atoms with E-state index in [0.717, 1.165) is 25.9 Å². The molecule has 0 radical (unpaired) electrons. The molecule has 102 valence electrons. The van der Waals surface area contributed by atoms with Crippen molar-refractivity contribution in [1.82, 2.24) is 9.78 Å². The molecule has 19 heavy (non-hydrogen) atoms. The second-order valence-corrected chi connectivity index (χ2v) is 6.47. The maximum Gasteiger partial charge on any atom is 0.0860 e. The molecule has 0 aliphatic rings. The topological polar surface area (TPSA) is 38.0 Å². The summed E-state index contributed by atoms with van der Waals surface area (Å²) in [6.45, 7) is 1.92. The van der Waals surface area contributed by atoms with Gasteiger partial charge in [0.25, 0.3) is 0 Å². The molecule has 2 rings (SSSR count). The van der Waals surface area contributed by atoms with E-state index in [-0.39, 0.29) is 0 Å². The summed E-state index contributed by atoms with van der Waals surface area (Å²) in [5.74, 6) is 0. The van der Waals surface area contributed by atoms with Crippen LogP contribution in [0.1, 0.15) is 23.1 Å². The summed E-state index contributed by atoms with van der Waals surface area (Å²) in [4.78, 5) is 0. The van der Waals surface area contributed by atoms with Crippen molar-refractivity contribution in [1.29, 1.82) is 0 Å². The molecule has 1 unspecified atom stereocenters. The van der Waals surface area contributed by atoms with E-state index in [2.05, 4.69) is 37.0 Å². The van der Waals surface area contributed by atoms with Gasteiger partial charge in [0.2, 0.25) is 0 Å². The highest BCUT2D eigenvalue weighted by atomic mass is 79.9. The van der Waals surface area contributed by atoms with Gasteiger partial charge in [-0.3, -0.25) is 4.68 Å². The van der Waals surface area contributed by atoms with Crippen LogP contribution in [-0.4, -0.2) is 14.9 Å². The van der Waals surface area contributed by atoms with E-state index < -0.39 is 6.10 Å². The standard InChI is InChI=1S/C13H13Br2ClN2O/c1-7-13(15)11(18(2)17-7)6-12(19)9-4-3-8(14)5-10(9)16/h3-5,12,19H,6H2,1-2H3. The van der Waals surface area contributed by atoms with Crippen LogP contribution in [0.25, 0.3) is 0 Å². The lowest BCUT2D eigenvalue weighted by Gasteiger charge is -2.13. The summed E-state index contributed by atoms with van der Waals surface area (Å²) in [6.07, 6.45) is -0.203. The molecule has 1 heterocycles. The van der Waals surface area contributed by atoms with Crippen LogP contribution in [0.4, 0.5) is 0 Å². The van der Waals surface area contributed by atoms with E-state index in [1.807, 2.05) is 26.1 Å². The Balaban J connectivity index is 2.28. The van der Waals surface area contributed by atoms with Gasteiger partial charge in [-0.25, -0.2) is 0 Å². The minimum atomic E-state index is -0.660. The Kier molecular flexibility index (Phi) is 4.71. The monoisotopic (exact) mass is 406 g/mol. The van der Waals surface area contributed by atoms with Crippen molar-refractivity contribution in [3.63, 3.8) is 0 Å². The first kappa shape index (κ1) is 15.0. The molecule has 0 saturated heterocycles. The molecular weight excluding hydrogens is 395 g/mol. The first-order valence-electron chi connectivity index (χ1n) is 5.71. The molecule has 1 N–H and O–H groups in total. The summed E-state index contributed by atoms with van der Waals surface area (Å²) in [5.41, 5.74) is 2.58. The Morgan fingerprint density at radius 2 is 2.11 bits per heavy atom. The van der Waals surface area contributed by atoms with Gasteiger partial charge in [-0.1, -0.05) is 33.6 Å². The third-order valence-electron chi connectivity index (χ3n) is 2.97. The lowest BCUT2D eigenvalue weighted by Crippen LogP contribution is -2.07. The number of benzene rings is 1. The second-order valence-electron chi connectivity index (χ2n) is 4.36. The van der Waals surface area contributed by atoms with Crippen LogP contribution < -0.4 is 0 Å². The largest absolute Gasteiger partial charge is 0.388 e. The smallest absolute Gasteiger partial charge is 0.0860 e. The van der Waals surface area contributed by atoms with E-state index in [9.17, 15) is 5.11 Å². The Bertz CT molecular complexity index is 613. The Morgan fingerprint density at radius 3 is 2.63 bits per heavy atom. The van der Waals surface area contributed by atoms with Crippen LogP contribution in [0.15, 0.2) is 27.1 Å². The van der Waals surface area contributed by atoms with Crippen molar-refractivity contribution in [2.24, 2.45) is 7.05 Å². The minimum Gasteiger partial charge on any atom is -0.388 e. The summed E-state index contributed by atoms with van der Waals surface area (Å²) in [7, 11) is 1.86. The molecule has 1 aromatic carbocycles. The van der Waals surface area contributed by atoms with Crippen molar-refractivity contribution in [3.05, 3.63) is 49.1 Å². The van der Waals surface area contributed by atoms with Gasteiger partial charge in [0.15, 0.2) is 0 Å². The number of halogens is 3. The fraction of sp³-hybridized carbons (Fsp3) is 0.308. The van der Waals surface area contributed by atoms with E-state index in [1.54, 1.807) is 10.7 Å². The van der Waals surface area contributed by atoms with Gasteiger partial charge in [0.1, 0.15) is 0 Å². The van der Waals surface area contributed by atoms with Crippen molar-refractivity contribution < 1.29 is 5.11 Å².